The molecule has 27 heavy (non-hydrogen) atoms. The number of aromatic nitrogens is 1. The molecule has 0 atom stereocenters. The molecule has 2 aromatic carbocycles. The zero-order valence-electron chi connectivity index (χ0n) is 15.1. The first-order valence-corrected chi connectivity index (χ1v) is 9.82. The van der Waals surface area contributed by atoms with E-state index >= 15 is 0 Å². The van der Waals surface area contributed by atoms with Crippen molar-refractivity contribution in [3.8, 4) is 5.75 Å². The molecule has 0 aliphatic heterocycles. The highest BCUT2D eigenvalue weighted by Gasteiger charge is 2.23. The minimum absolute atomic E-state index is 0.133. The van der Waals surface area contributed by atoms with E-state index in [0.29, 0.717) is 22.2 Å². The Morgan fingerprint density at radius 1 is 1.07 bits per heavy atom. The highest BCUT2D eigenvalue weighted by molar-refractivity contribution is 6.32. The lowest BCUT2D eigenvalue weighted by molar-refractivity contribution is 0.139. The molecule has 1 heterocycles. The lowest BCUT2D eigenvalue weighted by Crippen LogP contribution is -2.36. The average Bonchev–Trinajstić information content (AvgIpc) is 2.70. The second kappa shape index (κ2) is 8.15. The Kier molecular flexibility index (Phi) is 5.46. The number of nitrogens with one attached hydrogen (secondary N) is 2. The van der Waals surface area contributed by atoms with E-state index < -0.39 is 0 Å². The maximum absolute atomic E-state index is 11.9. The van der Waals surface area contributed by atoms with Crippen LogP contribution >= 0.6 is 11.6 Å². The lowest BCUT2D eigenvalue weighted by atomic mass is 9.92. The minimum Gasteiger partial charge on any atom is -0.489 e. The van der Waals surface area contributed by atoms with E-state index in [0.717, 1.165) is 37.6 Å². The molecular weight excluding hydrogens is 360 g/mol. The standard InChI is InChI=1S/C22H23ClN2O2/c23-20-13-19-16(10-11-24-22(19)26)12-21(20)27-18-8-6-17(7-9-18)25-14-15-4-2-1-3-5-15/h1-5,10-13,17-18,25H,6-9,14H2,(H,24,26)/t17-,18+. The molecule has 5 heteroatoms. The van der Waals surface area contributed by atoms with Crippen molar-refractivity contribution in [3.05, 3.63) is 75.7 Å². The fourth-order valence-corrected chi connectivity index (χ4v) is 3.91. The van der Waals surface area contributed by atoms with Crippen LogP contribution in [0.15, 0.2) is 59.5 Å². The van der Waals surface area contributed by atoms with Gasteiger partial charge in [-0.3, -0.25) is 4.79 Å². The van der Waals surface area contributed by atoms with E-state index in [1.165, 1.54) is 5.56 Å². The Morgan fingerprint density at radius 2 is 1.85 bits per heavy atom. The van der Waals surface area contributed by atoms with Crippen LogP contribution in [0.25, 0.3) is 10.8 Å². The topological polar surface area (TPSA) is 54.1 Å². The number of hydrogen-bond donors (Lipinski definition) is 2. The molecule has 1 fully saturated rings. The van der Waals surface area contributed by atoms with E-state index in [1.54, 1.807) is 12.3 Å². The van der Waals surface area contributed by atoms with Crippen LogP contribution in [0.2, 0.25) is 5.02 Å². The second-order valence-corrected chi connectivity index (χ2v) is 7.54. The molecule has 0 spiro atoms. The summed E-state index contributed by atoms with van der Waals surface area (Å²) in [5, 5.41) is 5.56. The summed E-state index contributed by atoms with van der Waals surface area (Å²) in [6.45, 7) is 0.905. The van der Waals surface area contributed by atoms with Gasteiger partial charge in [0.2, 0.25) is 0 Å². The van der Waals surface area contributed by atoms with Gasteiger partial charge in [0.15, 0.2) is 0 Å². The van der Waals surface area contributed by atoms with Gasteiger partial charge in [-0.1, -0.05) is 41.9 Å². The third-order valence-electron chi connectivity index (χ3n) is 5.23. The van der Waals surface area contributed by atoms with Crippen LogP contribution in [0, 0.1) is 0 Å². The van der Waals surface area contributed by atoms with Crippen molar-refractivity contribution in [1.29, 1.82) is 0 Å². The number of ether oxygens (including phenoxy) is 1. The summed E-state index contributed by atoms with van der Waals surface area (Å²) in [4.78, 5) is 14.5. The van der Waals surface area contributed by atoms with Crippen LogP contribution in [0.5, 0.6) is 5.75 Å². The fourth-order valence-electron chi connectivity index (χ4n) is 3.70. The predicted molar refractivity (Wildman–Crippen MR) is 110 cm³/mol. The molecule has 0 unspecified atom stereocenters. The molecule has 4 nitrogen and oxygen atoms in total. The molecule has 1 aliphatic rings. The third kappa shape index (κ3) is 4.34. The van der Waals surface area contributed by atoms with Crippen molar-refractivity contribution < 1.29 is 4.74 Å². The fraction of sp³-hybridized carbons (Fsp3) is 0.318. The maximum Gasteiger partial charge on any atom is 0.255 e. The van der Waals surface area contributed by atoms with Gasteiger partial charge >= 0.3 is 0 Å². The molecule has 0 amide bonds. The van der Waals surface area contributed by atoms with Gasteiger partial charge in [-0.05, 0) is 54.8 Å². The summed E-state index contributed by atoms with van der Waals surface area (Å²) in [6.07, 6.45) is 5.97. The molecule has 2 N–H and O–H groups in total. The smallest absolute Gasteiger partial charge is 0.255 e. The number of pyridine rings is 1. The van der Waals surface area contributed by atoms with Gasteiger partial charge in [-0.15, -0.1) is 0 Å². The molecule has 3 aromatic rings. The predicted octanol–water partition coefficient (Wildman–Crippen LogP) is 4.66. The van der Waals surface area contributed by atoms with E-state index in [4.69, 9.17) is 16.3 Å². The number of rotatable bonds is 5. The van der Waals surface area contributed by atoms with Crippen LogP contribution in [-0.2, 0) is 6.54 Å². The lowest BCUT2D eigenvalue weighted by Gasteiger charge is -2.30. The Morgan fingerprint density at radius 3 is 2.63 bits per heavy atom. The Hall–Kier alpha value is -2.30. The molecule has 1 aliphatic carbocycles. The van der Waals surface area contributed by atoms with Gasteiger partial charge in [0.25, 0.3) is 5.56 Å². The van der Waals surface area contributed by atoms with E-state index in [-0.39, 0.29) is 11.7 Å². The van der Waals surface area contributed by atoms with Crippen molar-refractivity contribution in [2.24, 2.45) is 0 Å². The molecule has 0 radical (unpaired) electrons. The Balaban J connectivity index is 1.34. The number of benzene rings is 2. The van der Waals surface area contributed by atoms with Crippen LogP contribution in [0.1, 0.15) is 31.2 Å². The molecular formula is C22H23ClN2O2. The Labute approximate surface area is 163 Å². The van der Waals surface area contributed by atoms with Crippen LogP contribution in [0.3, 0.4) is 0 Å². The van der Waals surface area contributed by atoms with E-state index in [1.807, 2.05) is 18.2 Å². The number of H-pyrrole nitrogens is 1. The van der Waals surface area contributed by atoms with E-state index in [9.17, 15) is 4.79 Å². The molecule has 1 aromatic heterocycles. The normalized spacial score (nSPS) is 19.9. The van der Waals surface area contributed by atoms with Gasteiger partial charge in [0, 0.05) is 24.2 Å². The molecule has 4 rings (SSSR count). The van der Waals surface area contributed by atoms with Crippen molar-refractivity contribution in [2.75, 3.05) is 0 Å². The Bertz CT molecular complexity index is 963. The second-order valence-electron chi connectivity index (χ2n) is 7.13. The zero-order valence-corrected chi connectivity index (χ0v) is 15.8. The monoisotopic (exact) mass is 382 g/mol. The molecule has 140 valence electrons. The van der Waals surface area contributed by atoms with Gasteiger partial charge in [0.1, 0.15) is 5.75 Å². The first-order valence-electron chi connectivity index (χ1n) is 9.44. The van der Waals surface area contributed by atoms with Gasteiger partial charge in [-0.25, -0.2) is 0 Å². The van der Waals surface area contributed by atoms with Gasteiger partial charge in [-0.2, -0.15) is 0 Å². The average molecular weight is 383 g/mol. The first kappa shape index (κ1) is 18.1. The highest BCUT2D eigenvalue weighted by atomic mass is 35.5. The number of hydrogen-bond acceptors (Lipinski definition) is 3. The van der Waals surface area contributed by atoms with Gasteiger partial charge in [0.05, 0.1) is 11.1 Å². The summed E-state index contributed by atoms with van der Waals surface area (Å²) < 4.78 is 6.17. The largest absolute Gasteiger partial charge is 0.489 e. The zero-order chi connectivity index (χ0) is 18.6. The molecule has 1 saturated carbocycles. The van der Waals surface area contributed by atoms with Crippen LogP contribution < -0.4 is 15.6 Å². The quantitative estimate of drug-likeness (QED) is 0.674. The van der Waals surface area contributed by atoms with Gasteiger partial charge < -0.3 is 15.0 Å². The third-order valence-corrected chi connectivity index (χ3v) is 5.53. The van der Waals surface area contributed by atoms with Crippen molar-refractivity contribution >= 4 is 22.4 Å². The number of aromatic amines is 1. The summed E-state index contributed by atoms with van der Waals surface area (Å²) >= 11 is 6.35. The summed E-state index contributed by atoms with van der Waals surface area (Å²) in [5.41, 5.74) is 1.18. The van der Waals surface area contributed by atoms with E-state index in [2.05, 4.69) is 34.6 Å². The highest BCUT2D eigenvalue weighted by Crippen LogP contribution is 2.32. The molecule has 0 bridgehead atoms. The first-order chi connectivity index (χ1) is 13.2. The SMILES string of the molecule is O=c1[nH]ccc2cc(O[C@H]3CC[C@@H](NCc4ccccc4)CC3)c(Cl)cc12. The van der Waals surface area contributed by atoms with Crippen LogP contribution in [0.4, 0.5) is 0 Å². The maximum atomic E-state index is 11.9. The summed E-state index contributed by atoms with van der Waals surface area (Å²) in [7, 11) is 0. The minimum atomic E-state index is -0.133. The van der Waals surface area contributed by atoms with Crippen molar-refractivity contribution in [1.82, 2.24) is 10.3 Å². The number of halogens is 1. The van der Waals surface area contributed by atoms with Crippen LogP contribution in [-0.4, -0.2) is 17.1 Å². The number of fused-ring (bicyclic) bond motifs is 1. The summed E-state index contributed by atoms with van der Waals surface area (Å²) in [5.74, 6) is 0.662. The van der Waals surface area contributed by atoms with Crippen molar-refractivity contribution in [3.63, 3.8) is 0 Å². The molecule has 0 saturated heterocycles. The summed E-state index contributed by atoms with van der Waals surface area (Å²) in [6, 6.07) is 16.4. The van der Waals surface area contributed by atoms with Crippen molar-refractivity contribution in [2.45, 2.75) is 44.4 Å².